The van der Waals surface area contributed by atoms with E-state index < -0.39 is 12.0 Å². The lowest BCUT2D eigenvalue weighted by Gasteiger charge is -2.15. The molecule has 0 aliphatic carbocycles. The van der Waals surface area contributed by atoms with Gasteiger partial charge in [0.2, 0.25) is 0 Å². The largest absolute Gasteiger partial charge is 0.480 e. The highest BCUT2D eigenvalue weighted by atomic mass is 16.4. The Balaban J connectivity index is 1.98. The molecule has 3 nitrogen and oxygen atoms in total. The smallest absolute Gasteiger partial charge is 0.321 e. The van der Waals surface area contributed by atoms with Crippen molar-refractivity contribution in [3.63, 3.8) is 0 Å². The maximum atomic E-state index is 11.3. The van der Waals surface area contributed by atoms with Gasteiger partial charge in [0.25, 0.3) is 0 Å². The predicted molar refractivity (Wildman–Crippen MR) is 79.6 cm³/mol. The van der Waals surface area contributed by atoms with Gasteiger partial charge in [-0.2, -0.15) is 0 Å². The third-order valence-corrected chi connectivity index (χ3v) is 3.22. The van der Waals surface area contributed by atoms with E-state index in [0.717, 1.165) is 11.1 Å². The van der Waals surface area contributed by atoms with Gasteiger partial charge in [-0.05, 0) is 24.5 Å². The van der Waals surface area contributed by atoms with Crippen molar-refractivity contribution in [1.82, 2.24) is 5.32 Å². The van der Waals surface area contributed by atoms with Crippen molar-refractivity contribution in [3.8, 4) is 0 Å². The minimum atomic E-state index is -0.818. The zero-order valence-electron chi connectivity index (χ0n) is 11.5. The third kappa shape index (κ3) is 4.21. The average molecular weight is 269 g/mol. The quantitative estimate of drug-likeness (QED) is 0.847. The van der Waals surface area contributed by atoms with E-state index in [0.29, 0.717) is 13.0 Å². The lowest BCUT2D eigenvalue weighted by molar-refractivity contribution is -0.139. The van der Waals surface area contributed by atoms with Crippen LogP contribution in [0.4, 0.5) is 0 Å². The maximum absolute atomic E-state index is 11.3. The van der Waals surface area contributed by atoms with E-state index >= 15 is 0 Å². The van der Waals surface area contributed by atoms with Crippen molar-refractivity contribution in [2.24, 2.45) is 0 Å². The van der Waals surface area contributed by atoms with Crippen molar-refractivity contribution in [1.29, 1.82) is 0 Å². The average Bonchev–Trinajstić information content (AvgIpc) is 2.44. The highest BCUT2D eigenvalue weighted by Gasteiger charge is 2.17. The van der Waals surface area contributed by atoms with Crippen LogP contribution in [0.5, 0.6) is 0 Å². The highest BCUT2D eigenvalue weighted by molar-refractivity contribution is 5.73. The molecule has 3 heteroatoms. The number of aryl methyl sites for hydroxylation is 1. The Morgan fingerprint density at radius 3 is 2.45 bits per heavy atom. The Morgan fingerprint density at radius 2 is 1.80 bits per heavy atom. The second kappa shape index (κ2) is 6.87. The number of carboxylic acids is 1. The first kappa shape index (κ1) is 14.3. The summed E-state index contributed by atoms with van der Waals surface area (Å²) < 4.78 is 0. The van der Waals surface area contributed by atoms with Crippen LogP contribution in [0.2, 0.25) is 0 Å². The monoisotopic (exact) mass is 269 g/mol. The van der Waals surface area contributed by atoms with Gasteiger partial charge in [-0.25, -0.2) is 0 Å². The molecule has 0 amide bonds. The van der Waals surface area contributed by atoms with Gasteiger partial charge in [0.1, 0.15) is 6.04 Å². The fraction of sp³-hybridized carbons (Fsp3) is 0.235. The van der Waals surface area contributed by atoms with Gasteiger partial charge >= 0.3 is 5.97 Å². The minimum Gasteiger partial charge on any atom is -0.480 e. The Labute approximate surface area is 119 Å². The van der Waals surface area contributed by atoms with Crippen molar-refractivity contribution in [3.05, 3.63) is 71.3 Å². The van der Waals surface area contributed by atoms with Crippen LogP contribution in [0.1, 0.15) is 16.7 Å². The molecule has 0 saturated heterocycles. The Bertz CT molecular complexity index is 566. The lowest BCUT2D eigenvalue weighted by atomic mass is 10.1. The topological polar surface area (TPSA) is 49.3 Å². The SMILES string of the molecule is Cc1cccc(CNC(Cc2ccccc2)C(=O)O)c1. The molecule has 0 bridgehead atoms. The summed E-state index contributed by atoms with van der Waals surface area (Å²) in [5.41, 5.74) is 3.31. The molecule has 0 saturated carbocycles. The van der Waals surface area contributed by atoms with Crippen molar-refractivity contribution < 1.29 is 9.90 Å². The summed E-state index contributed by atoms with van der Waals surface area (Å²) in [6.45, 7) is 2.59. The van der Waals surface area contributed by atoms with E-state index in [1.54, 1.807) is 0 Å². The third-order valence-electron chi connectivity index (χ3n) is 3.22. The summed E-state index contributed by atoms with van der Waals surface area (Å²) in [7, 11) is 0. The number of rotatable bonds is 6. The summed E-state index contributed by atoms with van der Waals surface area (Å²) in [5.74, 6) is -0.818. The molecule has 0 heterocycles. The first-order chi connectivity index (χ1) is 9.65. The van der Waals surface area contributed by atoms with E-state index in [9.17, 15) is 9.90 Å². The van der Waals surface area contributed by atoms with E-state index in [4.69, 9.17) is 0 Å². The minimum absolute atomic E-state index is 0.488. The summed E-state index contributed by atoms with van der Waals surface area (Å²) in [6.07, 6.45) is 0.488. The normalized spacial score (nSPS) is 12.1. The van der Waals surface area contributed by atoms with Crippen molar-refractivity contribution >= 4 is 5.97 Å². The molecule has 20 heavy (non-hydrogen) atoms. The summed E-state index contributed by atoms with van der Waals surface area (Å²) in [4.78, 5) is 11.3. The molecule has 1 unspecified atom stereocenters. The number of aliphatic carboxylic acids is 1. The van der Waals surface area contributed by atoms with Crippen LogP contribution in [0.3, 0.4) is 0 Å². The van der Waals surface area contributed by atoms with Gasteiger partial charge in [0, 0.05) is 6.54 Å². The van der Waals surface area contributed by atoms with Gasteiger partial charge in [-0.15, -0.1) is 0 Å². The molecule has 0 aromatic heterocycles. The Hall–Kier alpha value is -2.13. The van der Waals surface area contributed by atoms with E-state index in [-0.39, 0.29) is 0 Å². The standard InChI is InChI=1S/C17H19NO2/c1-13-6-5-9-15(10-13)12-18-16(17(19)20)11-14-7-3-2-4-8-14/h2-10,16,18H,11-12H2,1H3,(H,19,20). The highest BCUT2D eigenvalue weighted by Crippen LogP contribution is 2.07. The number of hydrogen-bond donors (Lipinski definition) is 2. The summed E-state index contributed by atoms with van der Waals surface area (Å²) >= 11 is 0. The first-order valence-corrected chi connectivity index (χ1v) is 6.71. The van der Waals surface area contributed by atoms with E-state index in [1.165, 1.54) is 5.56 Å². The second-order valence-electron chi connectivity index (χ2n) is 4.95. The molecule has 1 atom stereocenters. The number of carboxylic acid groups (broad SMARTS) is 1. The van der Waals surface area contributed by atoms with Crippen LogP contribution in [0.25, 0.3) is 0 Å². The fourth-order valence-electron chi connectivity index (χ4n) is 2.16. The Morgan fingerprint density at radius 1 is 1.10 bits per heavy atom. The molecule has 0 aliphatic rings. The molecule has 0 aliphatic heterocycles. The van der Waals surface area contributed by atoms with Crippen LogP contribution in [-0.2, 0) is 17.8 Å². The van der Waals surface area contributed by atoms with Gasteiger partial charge in [-0.3, -0.25) is 4.79 Å². The van der Waals surface area contributed by atoms with Crippen LogP contribution in [0, 0.1) is 6.92 Å². The molecule has 0 fully saturated rings. The summed E-state index contributed by atoms with van der Waals surface area (Å²) in [5, 5.41) is 12.4. The van der Waals surface area contributed by atoms with Gasteiger partial charge < -0.3 is 10.4 Å². The van der Waals surface area contributed by atoms with Crippen molar-refractivity contribution in [2.75, 3.05) is 0 Å². The van der Waals surface area contributed by atoms with Crippen molar-refractivity contribution in [2.45, 2.75) is 25.9 Å². The number of nitrogens with one attached hydrogen (secondary N) is 1. The molecule has 2 aromatic rings. The number of hydrogen-bond acceptors (Lipinski definition) is 2. The zero-order valence-corrected chi connectivity index (χ0v) is 11.5. The van der Waals surface area contributed by atoms with E-state index in [2.05, 4.69) is 11.4 Å². The number of carbonyl (C=O) groups is 1. The van der Waals surface area contributed by atoms with Crippen LogP contribution in [0.15, 0.2) is 54.6 Å². The lowest BCUT2D eigenvalue weighted by Crippen LogP contribution is -2.38. The van der Waals surface area contributed by atoms with Gasteiger partial charge in [-0.1, -0.05) is 60.2 Å². The number of benzene rings is 2. The Kier molecular flexibility index (Phi) is 4.91. The van der Waals surface area contributed by atoms with Crippen LogP contribution >= 0.6 is 0 Å². The van der Waals surface area contributed by atoms with Gasteiger partial charge in [0.05, 0.1) is 0 Å². The maximum Gasteiger partial charge on any atom is 0.321 e. The predicted octanol–water partition coefficient (Wildman–Crippen LogP) is 2.78. The molecule has 104 valence electrons. The second-order valence-corrected chi connectivity index (χ2v) is 4.95. The molecular formula is C17H19NO2. The molecule has 2 rings (SSSR count). The van der Waals surface area contributed by atoms with E-state index in [1.807, 2.05) is 55.5 Å². The molecule has 0 spiro atoms. The first-order valence-electron chi connectivity index (χ1n) is 6.71. The van der Waals surface area contributed by atoms with Crippen LogP contribution in [-0.4, -0.2) is 17.1 Å². The molecule has 2 N–H and O–H groups in total. The fourth-order valence-corrected chi connectivity index (χ4v) is 2.16. The zero-order chi connectivity index (χ0) is 14.4. The molecule has 0 radical (unpaired) electrons. The molecule has 2 aromatic carbocycles. The summed E-state index contributed by atoms with van der Waals surface area (Å²) in [6, 6.07) is 17.2. The van der Waals surface area contributed by atoms with Crippen LogP contribution < -0.4 is 5.32 Å². The molecular weight excluding hydrogens is 250 g/mol. The van der Waals surface area contributed by atoms with Gasteiger partial charge in [0.15, 0.2) is 0 Å².